The van der Waals surface area contributed by atoms with Crippen LogP contribution in [0, 0.1) is 17.8 Å². The molecule has 0 aromatic heterocycles. The average Bonchev–Trinajstić information content (AvgIpc) is 2.87. The van der Waals surface area contributed by atoms with Crippen molar-refractivity contribution in [2.75, 3.05) is 20.3 Å². The van der Waals surface area contributed by atoms with E-state index in [1.165, 1.54) is 5.56 Å². The lowest BCUT2D eigenvalue weighted by Crippen LogP contribution is -2.44. The first-order valence-electron chi connectivity index (χ1n) is 14.6. The standard InChI is InChI=1S/C35H43NO4/c1-23-12-14-24(15-13-23)22-40-30-11-8-7-10-25(30)31-32-26(18-34(2,3)20-28(32)37)36(16-9-17-39-6)27-19-35(4,5)21-29(38)33(27)31/h7-8,10-15,31H,9,16-22H2,1-6H3. The molecule has 0 unspecified atom stereocenters. The molecule has 0 saturated carbocycles. The number of nitrogens with zero attached hydrogens (tertiary/aromatic N) is 1. The molecular weight excluding hydrogens is 498 g/mol. The largest absolute Gasteiger partial charge is 0.489 e. The predicted molar refractivity (Wildman–Crippen MR) is 158 cm³/mol. The SMILES string of the molecule is COCCCN1C2=C(C(=O)CC(C)(C)C2)C(c2ccccc2OCc2ccc(C)cc2)C2=C1CC(C)(C)CC2=O. The van der Waals surface area contributed by atoms with Crippen LogP contribution in [0.2, 0.25) is 0 Å². The minimum Gasteiger partial charge on any atom is -0.489 e. The zero-order valence-electron chi connectivity index (χ0n) is 24.9. The van der Waals surface area contributed by atoms with E-state index in [-0.39, 0.29) is 22.4 Å². The Bertz CT molecular complexity index is 1310. The summed E-state index contributed by atoms with van der Waals surface area (Å²) in [4.78, 5) is 30.4. The highest BCUT2D eigenvalue weighted by molar-refractivity contribution is 6.07. The number of para-hydroxylation sites is 1. The third-order valence-electron chi connectivity index (χ3n) is 8.50. The Hall–Kier alpha value is -3.18. The van der Waals surface area contributed by atoms with E-state index in [0.717, 1.165) is 65.2 Å². The molecule has 0 atom stereocenters. The molecule has 2 aliphatic carbocycles. The summed E-state index contributed by atoms with van der Waals surface area (Å²) in [6, 6.07) is 16.3. The maximum absolute atomic E-state index is 14.1. The van der Waals surface area contributed by atoms with Gasteiger partial charge in [-0.3, -0.25) is 9.59 Å². The minimum atomic E-state index is -0.412. The van der Waals surface area contributed by atoms with Crippen molar-refractivity contribution in [1.82, 2.24) is 4.90 Å². The van der Waals surface area contributed by atoms with E-state index in [1.54, 1.807) is 7.11 Å². The molecule has 0 saturated heterocycles. The Morgan fingerprint density at radius 2 is 1.40 bits per heavy atom. The Kier molecular flexibility index (Phi) is 7.80. The summed E-state index contributed by atoms with van der Waals surface area (Å²) in [5, 5.41) is 0. The molecule has 0 N–H and O–H groups in total. The molecule has 3 aliphatic rings. The fourth-order valence-corrected chi connectivity index (χ4v) is 6.69. The lowest BCUT2D eigenvalue weighted by Gasteiger charge is -2.49. The van der Waals surface area contributed by atoms with Gasteiger partial charge >= 0.3 is 0 Å². The highest BCUT2D eigenvalue weighted by Crippen LogP contribution is 2.55. The predicted octanol–water partition coefficient (Wildman–Crippen LogP) is 7.30. The molecule has 0 amide bonds. The third kappa shape index (κ3) is 5.67. The van der Waals surface area contributed by atoms with Gasteiger partial charge in [0.2, 0.25) is 0 Å². The number of carbonyl (C=O) groups excluding carboxylic acids is 2. The second-order valence-corrected chi connectivity index (χ2v) is 13.3. The summed E-state index contributed by atoms with van der Waals surface area (Å²) in [5.74, 6) is 0.607. The molecule has 0 bridgehead atoms. The number of ketones is 2. The number of rotatable bonds is 8. The van der Waals surface area contributed by atoms with Crippen molar-refractivity contribution in [3.8, 4) is 5.75 Å². The molecule has 5 heteroatoms. The Morgan fingerprint density at radius 1 is 0.825 bits per heavy atom. The molecule has 1 aliphatic heterocycles. The summed E-state index contributed by atoms with van der Waals surface area (Å²) < 4.78 is 11.8. The maximum Gasteiger partial charge on any atom is 0.162 e. The molecule has 5 rings (SSSR count). The molecule has 5 nitrogen and oxygen atoms in total. The topological polar surface area (TPSA) is 55.8 Å². The monoisotopic (exact) mass is 541 g/mol. The van der Waals surface area contributed by atoms with Crippen molar-refractivity contribution >= 4 is 11.6 Å². The van der Waals surface area contributed by atoms with Gasteiger partial charge in [-0.2, -0.15) is 0 Å². The number of allylic oxidation sites excluding steroid dienone is 4. The highest BCUT2D eigenvalue weighted by atomic mass is 16.5. The van der Waals surface area contributed by atoms with Gasteiger partial charge in [0, 0.05) is 67.1 Å². The van der Waals surface area contributed by atoms with Crippen molar-refractivity contribution in [1.29, 1.82) is 0 Å². The normalized spacial score (nSPS) is 20.5. The number of aryl methyl sites for hydroxylation is 1. The van der Waals surface area contributed by atoms with Crippen molar-refractivity contribution in [2.24, 2.45) is 10.8 Å². The Balaban J connectivity index is 1.65. The smallest absolute Gasteiger partial charge is 0.162 e. The third-order valence-corrected chi connectivity index (χ3v) is 8.50. The van der Waals surface area contributed by atoms with Crippen LogP contribution < -0.4 is 4.74 Å². The fourth-order valence-electron chi connectivity index (χ4n) is 6.69. The van der Waals surface area contributed by atoms with Crippen LogP contribution in [0.1, 0.15) is 82.4 Å². The van der Waals surface area contributed by atoms with Crippen molar-refractivity contribution in [3.05, 3.63) is 87.8 Å². The van der Waals surface area contributed by atoms with E-state index in [2.05, 4.69) is 63.8 Å². The number of methoxy groups -OCH3 is 1. The number of Topliss-reactive ketones (excluding diaryl/α,β-unsaturated/α-hetero) is 2. The molecule has 0 fully saturated rings. The van der Waals surface area contributed by atoms with Gasteiger partial charge in [0.05, 0.1) is 0 Å². The molecular formula is C35H43NO4. The maximum atomic E-state index is 14.1. The van der Waals surface area contributed by atoms with E-state index in [1.807, 2.05) is 24.3 Å². The summed E-state index contributed by atoms with van der Waals surface area (Å²) in [7, 11) is 1.72. The second-order valence-electron chi connectivity index (χ2n) is 13.3. The number of ether oxygens (including phenoxy) is 2. The van der Waals surface area contributed by atoms with Crippen molar-refractivity contribution < 1.29 is 19.1 Å². The van der Waals surface area contributed by atoms with Gasteiger partial charge in [0.25, 0.3) is 0 Å². The first-order valence-corrected chi connectivity index (χ1v) is 14.6. The van der Waals surface area contributed by atoms with Crippen molar-refractivity contribution in [2.45, 2.75) is 79.2 Å². The number of hydrogen-bond donors (Lipinski definition) is 0. The van der Waals surface area contributed by atoms with Gasteiger partial charge in [-0.15, -0.1) is 0 Å². The van der Waals surface area contributed by atoms with E-state index in [0.29, 0.717) is 26.1 Å². The molecule has 2 aromatic carbocycles. The average molecular weight is 542 g/mol. The summed E-state index contributed by atoms with van der Waals surface area (Å²) in [6.07, 6.45) is 3.38. The Morgan fingerprint density at radius 3 is 1.98 bits per heavy atom. The van der Waals surface area contributed by atoms with Crippen LogP contribution in [0.25, 0.3) is 0 Å². The molecule has 212 valence electrons. The van der Waals surface area contributed by atoms with E-state index >= 15 is 0 Å². The molecule has 2 aromatic rings. The highest BCUT2D eigenvalue weighted by Gasteiger charge is 2.49. The zero-order chi connectivity index (χ0) is 28.7. The molecule has 0 spiro atoms. The summed E-state index contributed by atoms with van der Waals surface area (Å²) in [5.41, 5.74) is 6.65. The Labute approximate surface area is 239 Å². The summed E-state index contributed by atoms with van der Waals surface area (Å²) >= 11 is 0. The molecule has 0 radical (unpaired) electrons. The van der Waals surface area contributed by atoms with Gasteiger partial charge in [-0.1, -0.05) is 75.7 Å². The lowest BCUT2D eigenvalue weighted by molar-refractivity contribution is -0.119. The second kappa shape index (κ2) is 11.0. The van der Waals surface area contributed by atoms with Crippen LogP contribution in [0.15, 0.2) is 71.1 Å². The molecule has 1 heterocycles. The number of carbonyl (C=O) groups is 2. The van der Waals surface area contributed by atoms with E-state index in [4.69, 9.17) is 9.47 Å². The first kappa shape index (κ1) is 28.4. The van der Waals surface area contributed by atoms with Gasteiger partial charge in [0.1, 0.15) is 12.4 Å². The number of benzene rings is 2. The first-order chi connectivity index (χ1) is 19.0. The van der Waals surface area contributed by atoms with Crippen LogP contribution in [-0.4, -0.2) is 36.7 Å². The van der Waals surface area contributed by atoms with Crippen LogP contribution in [-0.2, 0) is 20.9 Å². The van der Waals surface area contributed by atoms with E-state index in [9.17, 15) is 9.59 Å². The lowest BCUT2D eigenvalue weighted by atomic mass is 9.63. The van der Waals surface area contributed by atoms with Gasteiger partial charge in [0.15, 0.2) is 11.6 Å². The van der Waals surface area contributed by atoms with Crippen LogP contribution in [0.4, 0.5) is 0 Å². The van der Waals surface area contributed by atoms with Crippen LogP contribution in [0.5, 0.6) is 5.75 Å². The van der Waals surface area contributed by atoms with Crippen LogP contribution >= 0.6 is 0 Å². The van der Waals surface area contributed by atoms with Crippen molar-refractivity contribution in [3.63, 3.8) is 0 Å². The molecule has 40 heavy (non-hydrogen) atoms. The number of hydrogen-bond acceptors (Lipinski definition) is 5. The van der Waals surface area contributed by atoms with Gasteiger partial charge in [-0.25, -0.2) is 0 Å². The van der Waals surface area contributed by atoms with Gasteiger partial charge in [-0.05, 0) is 48.6 Å². The van der Waals surface area contributed by atoms with Gasteiger partial charge < -0.3 is 14.4 Å². The quantitative estimate of drug-likeness (QED) is 0.328. The van der Waals surface area contributed by atoms with Crippen LogP contribution in [0.3, 0.4) is 0 Å². The zero-order valence-corrected chi connectivity index (χ0v) is 24.9. The minimum absolute atomic E-state index is 0.144. The van der Waals surface area contributed by atoms with E-state index < -0.39 is 5.92 Å². The fraction of sp³-hybridized carbons (Fsp3) is 0.486. The summed E-state index contributed by atoms with van der Waals surface area (Å²) in [6.45, 7) is 12.6.